The van der Waals surface area contributed by atoms with Gasteiger partial charge in [-0.05, 0) is 31.5 Å². The lowest BCUT2D eigenvalue weighted by Crippen LogP contribution is -2.22. The van der Waals surface area contributed by atoms with Gasteiger partial charge >= 0.3 is 0 Å². The van der Waals surface area contributed by atoms with Crippen LogP contribution in [0.25, 0.3) is 10.6 Å². The number of rotatable bonds is 5. The molecule has 0 saturated carbocycles. The number of nitrogens with one attached hydrogen (secondary N) is 1. The third-order valence-corrected chi connectivity index (χ3v) is 4.97. The summed E-state index contributed by atoms with van der Waals surface area (Å²) >= 11 is 1.62. The Morgan fingerprint density at radius 3 is 2.60 bits per heavy atom. The number of aromatic nitrogens is 5. The second-order valence-electron chi connectivity index (χ2n) is 5.90. The second-order valence-corrected chi connectivity index (χ2v) is 7.11. The van der Waals surface area contributed by atoms with Crippen LogP contribution in [0.5, 0.6) is 0 Å². The van der Waals surface area contributed by atoms with Crippen molar-refractivity contribution in [2.24, 2.45) is 0 Å². The van der Waals surface area contributed by atoms with Gasteiger partial charge in [-0.15, -0.1) is 21.5 Å². The second kappa shape index (κ2) is 6.40. The Labute approximate surface area is 148 Å². The molecule has 3 heterocycles. The molecular formula is C17H18N6OS. The SMILES string of the molecule is Cc1cn2c(C(O)NCc3ccc(-n4cnnc4)cc3)c(C)nc2s1. The summed E-state index contributed by atoms with van der Waals surface area (Å²) in [5.74, 6) is 0. The number of fused-ring (bicyclic) bond motifs is 1. The van der Waals surface area contributed by atoms with Gasteiger partial charge in [0.15, 0.2) is 4.96 Å². The third kappa shape index (κ3) is 3.07. The molecule has 0 amide bonds. The minimum Gasteiger partial charge on any atom is -0.373 e. The van der Waals surface area contributed by atoms with E-state index in [4.69, 9.17) is 0 Å². The fourth-order valence-electron chi connectivity index (χ4n) is 2.84. The van der Waals surface area contributed by atoms with Gasteiger partial charge in [0.2, 0.25) is 0 Å². The van der Waals surface area contributed by atoms with Crippen molar-refractivity contribution in [1.29, 1.82) is 0 Å². The van der Waals surface area contributed by atoms with E-state index in [1.165, 1.54) is 4.88 Å². The standard InChI is InChI=1S/C17H18N6OS/c1-11-8-23-15(12(2)21-17(23)25-11)16(24)18-7-13-3-5-14(6-4-13)22-9-19-20-10-22/h3-6,8-10,16,18,24H,7H2,1-2H3. The van der Waals surface area contributed by atoms with Crippen LogP contribution in [-0.2, 0) is 6.54 Å². The fourth-order valence-corrected chi connectivity index (χ4v) is 3.72. The van der Waals surface area contributed by atoms with E-state index in [-0.39, 0.29) is 0 Å². The predicted octanol–water partition coefficient (Wildman–Crippen LogP) is 2.37. The summed E-state index contributed by atoms with van der Waals surface area (Å²) in [7, 11) is 0. The van der Waals surface area contributed by atoms with Gasteiger partial charge in [0.25, 0.3) is 0 Å². The molecule has 25 heavy (non-hydrogen) atoms. The molecule has 2 N–H and O–H groups in total. The Balaban J connectivity index is 1.47. The van der Waals surface area contributed by atoms with E-state index in [0.717, 1.165) is 27.6 Å². The molecule has 8 heteroatoms. The molecular weight excluding hydrogens is 336 g/mol. The van der Waals surface area contributed by atoms with Gasteiger partial charge in [-0.1, -0.05) is 12.1 Å². The van der Waals surface area contributed by atoms with Crippen LogP contribution in [0.2, 0.25) is 0 Å². The normalized spacial score (nSPS) is 12.8. The summed E-state index contributed by atoms with van der Waals surface area (Å²) in [5.41, 5.74) is 3.71. The van der Waals surface area contributed by atoms with Crippen LogP contribution in [0.1, 0.15) is 28.1 Å². The van der Waals surface area contributed by atoms with Gasteiger partial charge in [-0.25, -0.2) is 4.98 Å². The first-order valence-corrected chi connectivity index (χ1v) is 8.74. The first-order chi connectivity index (χ1) is 12.1. The molecule has 3 aromatic heterocycles. The lowest BCUT2D eigenvalue weighted by atomic mass is 10.2. The molecule has 128 valence electrons. The highest BCUT2D eigenvalue weighted by molar-refractivity contribution is 7.17. The molecule has 0 aliphatic carbocycles. The zero-order chi connectivity index (χ0) is 17.4. The molecule has 0 saturated heterocycles. The number of nitrogens with zero attached hydrogens (tertiary/aromatic N) is 5. The fraction of sp³-hybridized carbons (Fsp3) is 0.235. The zero-order valence-corrected chi connectivity index (χ0v) is 14.7. The molecule has 0 aliphatic rings. The number of aliphatic hydroxyl groups is 1. The van der Waals surface area contributed by atoms with Gasteiger partial charge in [-0.2, -0.15) is 0 Å². The smallest absolute Gasteiger partial charge is 0.194 e. The lowest BCUT2D eigenvalue weighted by molar-refractivity contribution is 0.131. The van der Waals surface area contributed by atoms with Gasteiger partial charge in [0.05, 0.1) is 11.4 Å². The molecule has 0 radical (unpaired) electrons. The highest BCUT2D eigenvalue weighted by Crippen LogP contribution is 2.24. The lowest BCUT2D eigenvalue weighted by Gasteiger charge is -2.13. The number of aryl methyl sites for hydroxylation is 2. The van der Waals surface area contributed by atoms with Gasteiger partial charge < -0.3 is 5.11 Å². The number of thiazole rings is 1. The topological polar surface area (TPSA) is 80.3 Å². The Kier molecular flexibility index (Phi) is 4.08. The van der Waals surface area contributed by atoms with E-state index in [1.54, 1.807) is 24.0 Å². The number of benzene rings is 1. The Hall–Kier alpha value is -2.55. The number of imidazole rings is 1. The molecule has 7 nitrogen and oxygen atoms in total. The van der Waals surface area contributed by atoms with Crippen LogP contribution >= 0.6 is 11.3 Å². The van der Waals surface area contributed by atoms with E-state index in [0.29, 0.717) is 6.54 Å². The highest BCUT2D eigenvalue weighted by Gasteiger charge is 2.18. The Bertz CT molecular complexity index is 986. The summed E-state index contributed by atoms with van der Waals surface area (Å²) in [4.78, 5) is 6.59. The van der Waals surface area contributed by atoms with E-state index < -0.39 is 6.23 Å². The number of hydrogen-bond acceptors (Lipinski definition) is 6. The molecule has 1 unspecified atom stereocenters. The first kappa shape index (κ1) is 15.9. The molecule has 0 aliphatic heterocycles. The predicted molar refractivity (Wildman–Crippen MR) is 95.7 cm³/mol. The van der Waals surface area contributed by atoms with Crippen molar-refractivity contribution in [3.8, 4) is 5.69 Å². The maximum atomic E-state index is 10.6. The van der Waals surface area contributed by atoms with E-state index in [9.17, 15) is 5.11 Å². The van der Waals surface area contributed by atoms with Crippen molar-refractivity contribution in [2.75, 3.05) is 0 Å². The van der Waals surface area contributed by atoms with Gasteiger partial charge in [0.1, 0.15) is 18.9 Å². The van der Waals surface area contributed by atoms with Crippen molar-refractivity contribution in [3.63, 3.8) is 0 Å². The third-order valence-electron chi connectivity index (χ3n) is 4.07. The summed E-state index contributed by atoms with van der Waals surface area (Å²) in [6, 6.07) is 8.03. The summed E-state index contributed by atoms with van der Waals surface area (Å²) in [5, 5.41) is 21.3. The minimum atomic E-state index is -0.776. The van der Waals surface area contributed by atoms with Crippen LogP contribution in [0, 0.1) is 13.8 Å². The summed E-state index contributed by atoms with van der Waals surface area (Å²) < 4.78 is 3.81. The largest absolute Gasteiger partial charge is 0.373 e. The van der Waals surface area contributed by atoms with E-state index >= 15 is 0 Å². The van der Waals surface area contributed by atoms with Gasteiger partial charge in [0, 0.05) is 23.3 Å². The molecule has 1 aromatic carbocycles. The maximum absolute atomic E-state index is 10.6. The molecule has 1 atom stereocenters. The molecule has 0 spiro atoms. The number of hydrogen-bond donors (Lipinski definition) is 2. The summed E-state index contributed by atoms with van der Waals surface area (Å²) in [6.45, 7) is 4.51. The average molecular weight is 354 g/mol. The monoisotopic (exact) mass is 354 g/mol. The van der Waals surface area contributed by atoms with Gasteiger partial charge in [-0.3, -0.25) is 14.3 Å². The summed E-state index contributed by atoms with van der Waals surface area (Å²) in [6.07, 6.45) is 4.55. The quantitative estimate of drug-likeness (QED) is 0.538. The van der Waals surface area contributed by atoms with Crippen LogP contribution in [-0.4, -0.2) is 29.3 Å². The highest BCUT2D eigenvalue weighted by atomic mass is 32.1. The number of aliphatic hydroxyl groups excluding tert-OH is 1. The van der Waals surface area contributed by atoms with Crippen molar-refractivity contribution in [2.45, 2.75) is 26.6 Å². The van der Waals surface area contributed by atoms with E-state index in [1.807, 2.05) is 53.3 Å². The maximum Gasteiger partial charge on any atom is 0.194 e. The zero-order valence-electron chi connectivity index (χ0n) is 13.9. The van der Waals surface area contributed by atoms with Crippen molar-refractivity contribution in [1.82, 2.24) is 29.5 Å². The van der Waals surface area contributed by atoms with E-state index in [2.05, 4.69) is 20.5 Å². The first-order valence-electron chi connectivity index (χ1n) is 7.92. The molecule has 0 bridgehead atoms. The average Bonchev–Trinajstić information content (AvgIpc) is 3.29. The van der Waals surface area contributed by atoms with Crippen LogP contribution < -0.4 is 5.32 Å². The van der Waals surface area contributed by atoms with Crippen molar-refractivity contribution in [3.05, 3.63) is 64.9 Å². The van der Waals surface area contributed by atoms with Crippen LogP contribution in [0.4, 0.5) is 0 Å². The van der Waals surface area contributed by atoms with Crippen molar-refractivity contribution >= 4 is 16.3 Å². The molecule has 0 fully saturated rings. The van der Waals surface area contributed by atoms with Crippen molar-refractivity contribution < 1.29 is 5.11 Å². The van der Waals surface area contributed by atoms with Crippen LogP contribution in [0.3, 0.4) is 0 Å². The Morgan fingerprint density at radius 1 is 1.16 bits per heavy atom. The Morgan fingerprint density at radius 2 is 1.88 bits per heavy atom. The molecule has 4 aromatic rings. The molecule has 4 rings (SSSR count). The van der Waals surface area contributed by atoms with Crippen LogP contribution in [0.15, 0.2) is 43.1 Å². The minimum absolute atomic E-state index is 0.555.